The third-order valence-electron chi connectivity index (χ3n) is 4.12. The Hall–Kier alpha value is -1.79. The second-order valence-electron chi connectivity index (χ2n) is 5.86. The lowest BCUT2D eigenvalue weighted by atomic mass is 9.89. The zero-order chi connectivity index (χ0) is 15.9. The summed E-state index contributed by atoms with van der Waals surface area (Å²) >= 11 is 0. The Kier molecular flexibility index (Phi) is 3.74. The topological polar surface area (TPSA) is 74.2 Å². The van der Waals surface area contributed by atoms with E-state index in [1.165, 1.54) is 7.11 Å². The molecule has 0 aromatic heterocycles. The molecule has 6 heteroatoms. The predicted molar refractivity (Wildman–Crippen MR) is 77.2 cm³/mol. The second-order valence-corrected chi connectivity index (χ2v) is 5.86. The molecule has 1 saturated heterocycles. The first-order valence-electron chi connectivity index (χ1n) is 7.30. The number of rotatable bonds is 2. The molecule has 0 aliphatic carbocycles. The first kappa shape index (κ1) is 15.1. The minimum Gasteiger partial charge on any atom is -0.497 e. The molecule has 2 heterocycles. The van der Waals surface area contributed by atoms with E-state index >= 15 is 0 Å². The third-order valence-corrected chi connectivity index (χ3v) is 4.12. The number of carbonyl (C=O) groups excluding carboxylic acids is 1. The van der Waals surface area contributed by atoms with Crippen molar-refractivity contribution in [2.75, 3.05) is 14.2 Å². The monoisotopic (exact) mass is 308 g/mol. The fourth-order valence-electron chi connectivity index (χ4n) is 3.31. The van der Waals surface area contributed by atoms with Gasteiger partial charge < -0.3 is 24.1 Å². The molecule has 120 valence electrons. The maximum atomic E-state index is 12.4. The van der Waals surface area contributed by atoms with Gasteiger partial charge in [0, 0.05) is 18.9 Å². The minimum absolute atomic E-state index is 0.175. The van der Waals surface area contributed by atoms with Gasteiger partial charge in [-0.05, 0) is 25.0 Å². The minimum atomic E-state index is -1.11. The number of fused-ring (bicyclic) bond motifs is 1. The molecule has 1 spiro atoms. The molecular weight excluding hydrogens is 288 g/mol. The van der Waals surface area contributed by atoms with E-state index in [0.29, 0.717) is 29.9 Å². The standard InChI is InChI=1S/C16H20O6/c1-9-4-11(17)8-16(21-9)7-10-5-12(19-2)6-13(20-3)14(10)15(18)22-16/h5-6,9,11,17H,4,7-8H2,1-3H3/t9-,11-,16+/m0/s1. The van der Waals surface area contributed by atoms with Gasteiger partial charge in [-0.2, -0.15) is 0 Å². The van der Waals surface area contributed by atoms with E-state index < -0.39 is 17.9 Å². The summed E-state index contributed by atoms with van der Waals surface area (Å²) in [5, 5.41) is 10.0. The SMILES string of the molecule is COc1cc2c(c(OC)c1)C(=O)O[C@]1(C2)C[C@@H](O)C[C@H](C)O1. The summed E-state index contributed by atoms with van der Waals surface area (Å²) < 4.78 is 22.0. The summed E-state index contributed by atoms with van der Waals surface area (Å²) in [6.45, 7) is 1.86. The van der Waals surface area contributed by atoms with Crippen molar-refractivity contribution in [2.45, 2.75) is 44.2 Å². The number of hydrogen-bond donors (Lipinski definition) is 1. The number of aliphatic hydroxyl groups excluding tert-OH is 1. The van der Waals surface area contributed by atoms with Gasteiger partial charge in [-0.25, -0.2) is 4.79 Å². The second kappa shape index (κ2) is 5.44. The molecule has 3 rings (SSSR count). The largest absolute Gasteiger partial charge is 0.497 e. The highest BCUT2D eigenvalue weighted by Gasteiger charge is 2.48. The molecule has 1 aromatic rings. The summed E-state index contributed by atoms with van der Waals surface area (Å²) in [7, 11) is 3.05. The average Bonchev–Trinajstić information content (AvgIpc) is 2.43. The zero-order valence-corrected chi connectivity index (χ0v) is 12.9. The van der Waals surface area contributed by atoms with Gasteiger partial charge in [0.25, 0.3) is 0 Å². The number of benzene rings is 1. The van der Waals surface area contributed by atoms with Gasteiger partial charge in [0.15, 0.2) is 0 Å². The third kappa shape index (κ3) is 2.53. The molecule has 1 N–H and O–H groups in total. The Bertz CT molecular complexity index is 587. The van der Waals surface area contributed by atoms with Crippen LogP contribution in [0.5, 0.6) is 11.5 Å². The van der Waals surface area contributed by atoms with E-state index in [9.17, 15) is 9.90 Å². The van der Waals surface area contributed by atoms with Gasteiger partial charge in [0.2, 0.25) is 5.79 Å². The van der Waals surface area contributed by atoms with Crippen molar-refractivity contribution in [1.82, 2.24) is 0 Å². The van der Waals surface area contributed by atoms with Gasteiger partial charge in [-0.3, -0.25) is 0 Å². The van der Waals surface area contributed by atoms with E-state index in [-0.39, 0.29) is 12.5 Å². The van der Waals surface area contributed by atoms with E-state index in [1.54, 1.807) is 19.2 Å². The summed E-state index contributed by atoms with van der Waals surface area (Å²) in [5.74, 6) is -0.594. The molecule has 1 aromatic carbocycles. The number of carbonyl (C=O) groups is 1. The fraction of sp³-hybridized carbons (Fsp3) is 0.562. The Morgan fingerprint density at radius 2 is 2.09 bits per heavy atom. The molecule has 0 unspecified atom stereocenters. The van der Waals surface area contributed by atoms with Crippen LogP contribution in [0.3, 0.4) is 0 Å². The molecule has 6 nitrogen and oxygen atoms in total. The maximum absolute atomic E-state index is 12.4. The van der Waals surface area contributed by atoms with Gasteiger partial charge in [0.1, 0.15) is 17.1 Å². The van der Waals surface area contributed by atoms with Crippen LogP contribution in [0.25, 0.3) is 0 Å². The van der Waals surface area contributed by atoms with Crippen molar-refractivity contribution in [1.29, 1.82) is 0 Å². The van der Waals surface area contributed by atoms with Crippen LogP contribution in [-0.2, 0) is 15.9 Å². The summed E-state index contributed by atoms with van der Waals surface area (Å²) in [6.07, 6.45) is 0.440. The van der Waals surface area contributed by atoms with E-state index in [4.69, 9.17) is 18.9 Å². The highest BCUT2D eigenvalue weighted by molar-refractivity contribution is 5.96. The molecular formula is C16H20O6. The molecule has 3 atom stereocenters. The fourth-order valence-corrected chi connectivity index (χ4v) is 3.31. The number of aliphatic hydroxyl groups is 1. The Morgan fingerprint density at radius 3 is 2.73 bits per heavy atom. The number of esters is 1. The highest BCUT2D eigenvalue weighted by Crippen LogP contribution is 2.42. The summed E-state index contributed by atoms with van der Waals surface area (Å²) in [4.78, 5) is 12.4. The van der Waals surface area contributed by atoms with Crippen LogP contribution < -0.4 is 9.47 Å². The molecule has 0 radical (unpaired) electrons. The van der Waals surface area contributed by atoms with Crippen LogP contribution in [0.4, 0.5) is 0 Å². The van der Waals surface area contributed by atoms with Crippen LogP contribution in [0, 0.1) is 0 Å². The lowest BCUT2D eigenvalue weighted by molar-refractivity contribution is -0.268. The van der Waals surface area contributed by atoms with E-state index in [1.807, 2.05) is 6.92 Å². The molecule has 1 fully saturated rings. The van der Waals surface area contributed by atoms with Crippen molar-refractivity contribution in [3.05, 3.63) is 23.3 Å². The molecule has 2 aliphatic heterocycles. The van der Waals surface area contributed by atoms with E-state index in [2.05, 4.69) is 0 Å². The van der Waals surface area contributed by atoms with Crippen LogP contribution >= 0.6 is 0 Å². The van der Waals surface area contributed by atoms with E-state index in [0.717, 1.165) is 5.56 Å². The maximum Gasteiger partial charge on any atom is 0.344 e. The quantitative estimate of drug-likeness (QED) is 0.838. The number of hydrogen-bond acceptors (Lipinski definition) is 6. The Morgan fingerprint density at radius 1 is 1.32 bits per heavy atom. The smallest absolute Gasteiger partial charge is 0.344 e. The summed E-state index contributed by atoms with van der Waals surface area (Å²) in [5.41, 5.74) is 1.14. The molecule has 0 amide bonds. The van der Waals surface area contributed by atoms with Gasteiger partial charge in [-0.1, -0.05) is 0 Å². The summed E-state index contributed by atoms with van der Waals surface area (Å²) in [6, 6.07) is 3.44. The van der Waals surface area contributed by atoms with Crippen LogP contribution in [0.1, 0.15) is 35.7 Å². The van der Waals surface area contributed by atoms with Crippen molar-refractivity contribution < 1.29 is 28.8 Å². The lowest BCUT2D eigenvalue weighted by Crippen LogP contribution is -2.52. The Labute approximate surface area is 128 Å². The number of ether oxygens (including phenoxy) is 4. The predicted octanol–water partition coefficient (Wildman–Crippen LogP) is 1.67. The normalized spacial score (nSPS) is 30.6. The van der Waals surface area contributed by atoms with Gasteiger partial charge >= 0.3 is 5.97 Å². The molecule has 22 heavy (non-hydrogen) atoms. The van der Waals surface area contributed by atoms with Crippen LogP contribution in [-0.4, -0.2) is 43.3 Å². The van der Waals surface area contributed by atoms with Crippen molar-refractivity contribution >= 4 is 5.97 Å². The van der Waals surface area contributed by atoms with Crippen LogP contribution in [0.2, 0.25) is 0 Å². The first-order valence-corrected chi connectivity index (χ1v) is 7.30. The van der Waals surface area contributed by atoms with Gasteiger partial charge in [0.05, 0.1) is 26.4 Å². The average molecular weight is 308 g/mol. The molecule has 2 aliphatic rings. The molecule has 0 saturated carbocycles. The van der Waals surface area contributed by atoms with Crippen molar-refractivity contribution in [3.8, 4) is 11.5 Å². The Balaban J connectivity index is 2.03. The van der Waals surface area contributed by atoms with Crippen molar-refractivity contribution in [2.24, 2.45) is 0 Å². The molecule has 0 bridgehead atoms. The van der Waals surface area contributed by atoms with Crippen LogP contribution in [0.15, 0.2) is 12.1 Å². The lowest BCUT2D eigenvalue weighted by Gasteiger charge is -2.44. The first-order chi connectivity index (χ1) is 10.5. The van der Waals surface area contributed by atoms with Crippen molar-refractivity contribution in [3.63, 3.8) is 0 Å². The zero-order valence-electron chi connectivity index (χ0n) is 12.9. The highest BCUT2D eigenvalue weighted by atomic mass is 16.7. The van der Waals surface area contributed by atoms with Gasteiger partial charge in [-0.15, -0.1) is 0 Å². The number of methoxy groups -OCH3 is 2.